The van der Waals surface area contributed by atoms with Crippen LogP contribution in [0.15, 0.2) is 16.8 Å². The van der Waals surface area contributed by atoms with Crippen molar-refractivity contribution >= 4 is 11.7 Å². The zero-order valence-corrected chi connectivity index (χ0v) is 15.8. The van der Waals surface area contributed by atoms with Crippen LogP contribution < -0.4 is 0 Å². The van der Waals surface area contributed by atoms with E-state index in [9.17, 15) is 4.79 Å². The van der Waals surface area contributed by atoms with Crippen molar-refractivity contribution in [3.63, 3.8) is 0 Å². The van der Waals surface area contributed by atoms with Gasteiger partial charge in [0.15, 0.2) is 0 Å². The Labute approximate surface area is 150 Å². The summed E-state index contributed by atoms with van der Waals surface area (Å²) in [5.74, 6) is 2.02. The van der Waals surface area contributed by atoms with Gasteiger partial charge in [0.25, 0.3) is 0 Å². The van der Waals surface area contributed by atoms with Gasteiger partial charge in [-0.1, -0.05) is 24.6 Å². The maximum Gasteiger partial charge on any atom is 0.302 e. The van der Waals surface area contributed by atoms with E-state index in [0.29, 0.717) is 5.92 Å². The van der Waals surface area contributed by atoms with Crippen molar-refractivity contribution in [2.24, 2.45) is 33.7 Å². The Morgan fingerprint density at radius 3 is 2.68 bits per heavy atom. The highest BCUT2D eigenvalue weighted by molar-refractivity contribution is 5.96. The number of rotatable bonds is 1. The molecule has 4 heteroatoms. The van der Waals surface area contributed by atoms with Gasteiger partial charge < -0.3 is 9.94 Å². The predicted molar refractivity (Wildman–Crippen MR) is 96.5 cm³/mol. The lowest BCUT2D eigenvalue weighted by molar-refractivity contribution is -0.157. The molecule has 0 bridgehead atoms. The van der Waals surface area contributed by atoms with Gasteiger partial charge >= 0.3 is 5.97 Å². The number of fused-ring (bicyclic) bond motifs is 5. The molecule has 0 amide bonds. The molecule has 4 aliphatic rings. The van der Waals surface area contributed by atoms with Crippen LogP contribution in [0.4, 0.5) is 0 Å². The second-order valence-corrected chi connectivity index (χ2v) is 9.31. The van der Waals surface area contributed by atoms with Crippen molar-refractivity contribution in [3.8, 4) is 0 Å². The first-order valence-corrected chi connectivity index (χ1v) is 9.97. The lowest BCUT2D eigenvalue weighted by Crippen LogP contribution is -2.51. The minimum atomic E-state index is -0.127. The fourth-order valence-electron chi connectivity index (χ4n) is 7.00. The van der Waals surface area contributed by atoms with E-state index in [-0.39, 0.29) is 22.9 Å². The molecule has 25 heavy (non-hydrogen) atoms. The monoisotopic (exact) mass is 345 g/mol. The molecule has 0 aromatic carbocycles. The van der Waals surface area contributed by atoms with Crippen LogP contribution in [-0.4, -0.2) is 23.0 Å². The molecular weight excluding hydrogens is 314 g/mol. The van der Waals surface area contributed by atoms with Crippen LogP contribution in [0.3, 0.4) is 0 Å². The highest BCUT2D eigenvalue weighted by Gasteiger charge is 2.59. The van der Waals surface area contributed by atoms with Crippen LogP contribution in [0.2, 0.25) is 0 Å². The van der Waals surface area contributed by atoms with Gasteiger partial charge in [0.1, 0.15) is 6.10 Å². The van der Waals surface area contributed by atoms with Crippen molar-refractivity contribution in [1.82, 2.24) is 0 Å². The van der Waals surface area contributed by atoms with Gasteiger partial charge in [-0.15, -0.1) is 0 Å². The Balaban J connectivity index is 1.61. The molecule has 1 unspecified atom stereocenters. The summed E-state index contributed by atoms with van der Waals surface area (Å²) in [4.78, 5) is 11.5. The van der Waals surface area contributed by atoms with E-state index < -0.39 is 0 Å². The van der Waals surface area contributed by atoms with Crippen molar-refractivity contribution in [1.29, 1.82) is 0 Å². The fraction of sp³-hybridized carbons (Fsp3) is 0.810. The Bertz CT molecular complexity index is 639. The molecule has 0 radical (unpaired) electrons. The highest BCUT2D eigenvalue weighted by Crippen LogP contribution is 2.65. The van der Waals surface area contributed by atoms with Crippen molar-refractivity contribution in [3.05, 3.63) is 11.6 Å². The second kappa shape index (κ2) is 5.85. The number of oxime groups is 1. The SMILES string of the molecule is CC(=O)OC1CC[C@H]2[C@@H]3CCC4=C/C(=N/O)CC[C@]4(C)[C@H]3CC[C@]12C. The predicted octanol–water partition coefficient (Wildman–Crippen LogP) is 4.71. The van der Waals surface area contributed by atoms with Gasteiger partial charge in [0.2, 0.25) is 0 Å². The van der Waals surface area contributed by atoms with Crippen LogP contribution in [0, 0.1) is 28.6 Å². The number of ether oxygens (including phenoxy) is 1. The van der Waals surface area contributed by atoms with Crippen LogP contribution in [0.1, 0.15) is 72.1 Å². The van der Waals surface area contributed by atoms with Gasteiger partial charge in [-0.3, -0.25) is 4.79 Å². The third-order valence-electron chi connectivity index (χ3n) is 8.33. The summed E-state index contributed by atoms with van der Waals surface area (Å²) in [6.07, 6.45) is 11.3. The number of carbonyl (C=O) groups is 1. The van der Waals surface area contributed by atoms with E-state index in [1.807, 2.05) is 0 Å². The second-order valence-electron chi connectivity index (χ2n) is 9.31. The number of hydrogen-bond donors (Lipinski definition) is 1. The molecule has 4 nitrogen and oxygen atoms in total. The molecule has 0 aromatic rings. The Hall–Kier alpha value is -1.32. The topological polar surface area (TPSA) is 58.9 Å². The maximum atomic E-state index is 11.5. The minimum Gasteiger partial charge on any atom is -0.462 e. The molecule has 6 atom stereocenters. The van der Waals surface area contributed by atoms with Gasteiger partial charge in [-0.25, -0.2) is 0 Å². The molecule has 0 saturated heterocycles. The van der Waals surface area contributed by atoms with Gasteiger partial charge in [-0.2, -0.15) is 0 Å². The molecule has 4 rings (SSSR count). The quantitative estimate of drug-likeness (QED) is 0.425. The summed E-state index contributed by atoms with van der Waals surface area (Å²) in [7, 11) is 0. The average Bonchev–Trinajstić information content (AvgIpc) is 2.90. The first-order chi connectivity index (χ1) is 11.9. The molecule has 1 N–H and O–H groups in total. The molecule has 3 fully saturated rings. The standard InChI is InChI=1S/C21H31NO3/c1-13(23)25-19-7-6-17-16-5-4-14-12-15(22-24)8-10-20(14,2)18(16)9-11-21(17,19)3/h12,16-19,24H,4-11H2,1-3H3/b22-15+/t16-,17-,18-,19?,20-,21-/m0/s1. The van der Waals surface area contributed by atoms with Gasteiger partial charge in [0, 0.05) is 12.3 Å². The third-order valence-corrected chi connectivity index (χ3v) is 8.33. The smallest absolute Gasteiger partial charge is 0.302 e. The summed E-state index contributed by atoms with van der Waals surface area (Å²) < 4.78 is 5.73. The van der Waals surface area contributed by atoms with E-state index in [4.69, 9.17) is 9.94 Å². The van der Waals surface area contributed by atoms with E-state index in [0.717, 1.165) is 43.2 Å². The van der Waals surface area contributed by atoms with Crippen LogP contribution >= 0.6 is 0 Å². The molecule has 0 spiro atoms. The zero-order chi connectivity index (χ0) is 17.8. The molecule has 138 valence electrons. The van der Waals surface area contributed by atoms with E-state index in [2.05, 4.69) is 25.1 Å². The number of hydrogen-bond acceptors (Lipinski definition) is 4. The average molecular weight is 345 g/mol. The summed E-state index contributed by atoms with van der Waals surface area (Å²) in [5.41, 5.74) is 2.78. The summed E-state index contributed by atoms with van der Waals surface area (Å²) >= 11 is 0. The van der Waals surface area contributed by atoms with Crippen LogP contribution in [0.5, 0.6) is 0 Å². The molecule has 0 aromatic heterocycles. The summed E-state index contributed by atoms with van der Waals surface area (Å²) in [6, 6.07) is 0. The largest absolute Gasteiger partial charge is 0.462 e. The number of allylic oxidation sites excluding steroid dienone is 2. The number of esters is 1. The first kappa shape index (κ1) is 17.1. The third kappa shape index (κ3) is 2.47. The normalized spacial score (nSPS) is 47.5. The van der Waals surface area contributed by atoms with Crippen molar-refractivity contribution in [2.75, 3.05) is 0 Å². The number of carbonyl (C=O) groups excluding carboxylic acids is 1. The van der Waals surface area contributed by atoms with E-state index in [1.54, 1.807) is 6.92 Å². The van der Waals surface area contributed by atoms with Crippen molar-refractivity contribution in [2.45, 2.75) is 78.2 Å². The summed E-state index contributed by atoms with van der Waals surface area (Å²) in [5, 5.41) is 12.6. The lowest BCUT2D eigenvalue weighted by Gasteiger charge is -2.57. The molecule has 0 heterocycles. The van der Waals surface area contributed by atoms with Crippen LogP contribution in [0.25, 0.3) is 0 Å². The number of nitrogens with zero attached hydrogens (tertiary/aromatic N) is 1. The van der Waals surface area contributed by atoms with E-state index in [1.165, 1.54) is 31.3 Å². The van der Waals surface area contributed by atoms with Gasteiger partial charge in [-0.05, 0) is 80.6 Å². The van der Waals surface area contributed by atoms with Gasteiger partial charge in [0.05, 0.1) is 5.71 Å². The van der Waals surface area contributed by atoms with E-state index >= 15 is 0 Å². The highest BCUT2D eigenvalue weighted by atomic mass is 16.5. The molecule has 0 aliphatic heterocycles. The fourth-order valence-corrected chi connectivity index (χ4v) is 7.00. The molecule has 4 aliphatic carbocycles. The first-order valence-electron chi connectivity index (χ1n) is 9.97. The van der Waals surface area contributed by atoms with Crippen LogP contribution in [-0.2, 0) is 9.53 Å². The Kier molecular flexibility index (Phi) is 4.01. The minimum absolute atomic E-state index is 0.111. The van der Waals surface area contributed by atoms with Crippen molar-refractivity contribution < 1.29 is 14.7 Å². The summed E-state index contributed by atoms with van der Waals surface area (Å²) in [6.45, 7) is 6.37. The molecule has 3 saturated carbocycles. The Morgan fingerprint density at radius 1 is 1.16 bits per heavy atom. The maximum absolute atomic E-state index is 11.5. The zero-order valence-electron chi connectivity index (χ0n) is 15.8. The lowest BCUT2D eigenvalue weighted by atomic mass is 9.47. The molecular formula is C21H31NO3. The Morgan fingerprint density at radius 2 is 1.96 bits per heavy atom.